The van der Waals surface area contributed by atoms with Gasteiger partial charge in [-0.15, -0.1) is 0 Å². The SMILES string of the molecule is Cc1ccc(Cl)cc1S(=O)(=O)N1CCC(Oc2ccccn2)C1. The molecule has 0 spiro atoms. The van der Waals surface area contributed by atoms with Gasteiger partial charge in [-0.1, -0.05) is 23.7 Å². The summed E-state index contributed by atoms with van der Waals surface area (Å²) in [6.07, 6.45) is 2.09. The summed E-state index contributed by atoms with van der Waals surface area (Å²) in [5, 5.41) is 0.412. The molecule has 23 heavy (non-hydrogen) atoms. The molecule has 1 aliphatic rings. The van der Waals surface area contributed by atoms with E-state index in [1.165, 1.54) is 10.4 Å². The summed E-state index contributed by atoms with van der Waals surface area (Å²) in [5.41, 5.74) is 0.684. The first-order valence-corrected chi connectivity index (χ1v) is 9.12. The molecule has 2 heterocycles. The number of aryl methyl sites for hydroxylation is 1. The molecule has 1 saturated heterocycles. The average Bonchev–Trinajstić information content (AvgIpc) is 3.00. The van der Waals surface area contributed by atoms with Gasteiger partial charge in [-0.3, -0.25) is 0 Å². The van der Waals surface area contributed by atoms with Crippen molar-refractivity contribution in [1.29, 1.82) is 0 Å². The predicted molar refractivity (Wildman–Crippen MR) is 88.2 cm³/mol. The van der Waals surface area contributed by atoms with Crippen LogP contribution in [0.5, 0.6) is 5.88 Å². The summed E-state index contributed by atoms with van der Waals surface area (Å²) in [4.78, 5) is 4.36. The minimum atomic E-state index is -3.57. The lowest BCUT2D eigenvalue weighted by Gasteiger charge is -2.18. The highest BCUT2D eigenvalue weighted by Crippen LogP contribution is 2.27. The van der Waals surface area contributed by atoms with E-state index in [2.05, 4.69) is 4.98 Å². The monoisotopic (exact) mass is 352 g/mol. The minimum absolute atomic E-state index is 0.195. The zero-order chi connectivity index (χ0) is 16.4. The summed E-state index contributed by atoms with van der Waals surface area (Å²) in [6.45, 7) is 2.50. The van der Waals surface area contributed by atoms with Crippen LogP contribution in [0.25, 0.3) is 0 Å². The van der Waals surface area contributed by atoms with E-state index < -0.39 is 10.0 Å². The first kappa shape index (κ1) is 16.2. The zero-order valence-electron chi connectivity index (χ0n) is 12.6. The lowest BCUT2D eigenvalue weighted by atomic mass is 10.2. The first-order valence-electron chi connectivity index (χ1n) is 7.31. The van der Waals surface area contributed by atoms with Crippen molar-refractivity contribution in [3.63, 3.8) is 0 Å². The van der Waals surface area contributed by atoms with Crippen LogP contribution in [0.1, 0.15) is 12.0 Å². The molecular formula is C16H17ClN2O3S. The Bertz CT molecular complexity index is 796. The van der Waals surface area contributed by atoms with Gasteiger partial charge in [0, 0.05) is 23.8 Å². The molecule has 5 nitrogen and oxygen atoms in total. The largest absolute Gasteiger partial charge is 0.473 e. The lowest BCUT2D eigenvalue weighted by molar-refractivity contribution is 0.207. The smallest absolute Gasteiger partial charge is 0.243 e. The van der Waals surface area contributed by atoms with Crippen LogP contribution < -0.4 is 4.74 Å². The van der Waals surface area contributed by atoms with Gasteiger partial charge in [0.05, 0.1) is 11.4 Å². The van der Waals surface area contributed by atoms with Crippen molar-refractivity contribution in [1.82, 2.24) is 9.29 Å². The van der Waals surface area contributed by atoms with E-state index in [1.807, 2.05) is 6.07 Å². The Morgan fingerprint density at radius 1 is 1.30 bits per heavy atom. The Labute approximate surface area is 140 Å². The van der Waals surface area contributed by atoms with Gasteiger partial charge in [0.1, 0.15) is 6.10 Å². The molecule has 7 heteroatoms. The van der Waals surface area contributed by atoms with Crippen LogP contribution in [0.4, 0.5) is 0 Å². The number of aromatic nitrogens is 1. The average molecular weight is 353 g/mol. The van der Waals surface area contributed by atoms with Crippen LogP contribution in [0.2, 0.25) is 5.02 Å². The molecule has 0 saturated carbocycles. The number of halogens is 1. The number of pyridine rings is 1. The second kappa shape index (κ2) is 6.47. The van der Waals surface area contributed by atoms with E-state index in [4.69, 9.17) is 16.3 Å². The topological polar surface area (TPSA) is 59.5 Å². The molecule has 1 aromatic heterocycles. The molecule has 122 valence electrons. The highest BCUT2D eigenvalue weighted by atomic mass is 35.5. The molecule has 0 bridgehead atoms. The van der Waals surface area contributed by atoms with Crippen molar-refractivity contribution in [3.8, 4) is 5.88 Å². The molecule has 3 rings (SSSR count). The maximum Gasteiger partial charge on any atom is 0.243 e. The predicted octanol–water partition coefficient (Wildman–Crippen LogP) is 2.89. The molecule has 2 aromatic rings. The van der Waals surface area contributed by atoms with Gasteiger partial charge >= 0.3 is 0 Å². The Morgan fingerprint density at radius 3 is 2.87 bits per heavy atom. The number of ether oxygens (including phenoxy) is 1. The normalized spacial score (nSPS) is 19.0. The van der Waals surface area contributed by atoms with E-state index in [1.54, 1.807) is 37.4 Å². The summed E-state index contributed by atoms with van der Waals surface area (Å²) in [5.74, 6) is 0.510. The number of rotatable bonds is 4. The second-order valence-electron chi connectivity index (χ2n) is 5.47. The van der Waals surface area contributed by atoms with Crippen molar-refractivity contribution in [2.75, 3.05) is 13.1 Å². The molecule has 0 N–H and O–H groups in total. The molecule has 1 aromatic carbocycles. The molecule has 0 aliphatic carbocycles. The molecule has 1 unspecified atom stereocenters. The van der Waals surface area contributed by atoms with E-state index in [-0.39, 0.29) is 11.0 Å². The van der Waals surface area contributed by atoms with E-state index >= 15 is 0 Å². The second-order valence-corrected chi connectivity index (χ2v) is 7.81. The minimum Gasteiger partial charge on any atom is -0.473 e. The van der Waals surface area contributed by atoms with Gasteiger partial charge in [-0.2, -0.15) is 4.31 Å². The van der Waals surface area contributed by atoms with Crippen molar-refractivity contribution in [2.24, 2.45) is 0 Å². The van der Waals surface area contributed by atoms with Crippen LogP contribution in [0.15, 0.2) is 47.5 Å². The van der Waals surface area contributed by atoms with Crippen LogP contribution in [0, 0.1) is 6.92 Å². The van der Waals surface area contributed by atoms with E-state index in [0.717, 1.165) is 0 Å². The third-order valence-electron chi connectivity index (χ3n) is 3.80. The maximum absolute atomic E-state index is 12.8. The highest BCUT2D eigenvalue weighted by molar-refractivity contribution is 7.89. The summed E-state index contributed by atoms with van der Waals surface area (Å²) in [7, 11) is -3.57. The van der Waals surface area contributed by atoms with Crippen LogP contribution >= 0.6 is 11.6 Å². The quantitative estimate of drug-likeness (QED) is 0.849. The lowest BCUT2D eigenvalue weighted by Crippen LogP contribution is -2.31. The highest BCUT2D eigenvalue weighted by Gasteiger charge is 2.34. The van der Waals surface area contributed by atoms with E-state index in [9.17, 15) is 8.42 Å². The maximum atomic E-state index is 12.8. The van der Waals surface area contributed by atoms with Crippen LogP contribution in [0.3, 0.4) is 0 Å². The number of hydrogen-bond donors (Lipinski definition) is 0. The third-order valence-corrected chi connectivity index (χ3v) is 6.04. The standard InChI is InChI=1S/C16H17ClN2O3S/c1-12-5-6-13(17)10-15(12)23(20,21)19-9-7-14(11-19)22-16-4-2-3-8-18-16/h2-6,8,10,14H,7,9,11H2,1H3. The van der Waals surface area contributed by atoms with Gasteiger partial charge in [-0.25, -0.2) is 13.4 Å². The number of benzene rings is 1. The van der Waals surface area contributed by atoms with Gasteiger partial charge in [0.2, 0.25) is 15.9 Å². The zero-order valence-corrected chi connectivity index (χ0v) is 14.2. The van der Waals surface area contributed by atoms with Gasteiger partial charge in [-0.05, 0) is 37.1 Å². The van der Waals surface area contributed by atoms with Crippen molar-refractivity contribution in [3.05, 3.63) is 53.2 Å². The van der Waals surface area contributed by atoms with Gasteiger partial charge < -0.3 is 4.74 Å². The Balaban J connectivity index is 1.76. The molecule has 1 atom stereocenters. The third kappa shape index (κ3) is 3.49. The molecule has 1 aliphatic heterocycles. The molecule has 0 radical (unpaired) electrons. The Kier molecular flexibility index (Phi) is 4.57. The van der Waals surface area contributed by atoms with Crippen LogP contribution in [-0.4, -0.2) is 36.9 Å². The Hall–Kier alpha value is -1.63. The molecular weight excluding hydrogens is 336 g/mol. The summed E-state index contributed by atoms with van der Waals surface area (Å²) in [6, 6.07) is 10.3. The first-order chi connectivity index (χ1) is 11.0. The molecule has 1 fully saturated rings. The van der Waals surface area contributed by atoms with Crippen LogP contribution in [-0.2, 0) is 10.0 Å². The molecule has 0 amide bonds. The van der Waals surface area contributed by atoms with E-state index in [0.29, 0.717) is 36.0 Å². The van der Waals surface area contributed by atoms with Crippen molar-refractivity contribution >= 4 is 21.6 Å². The number of hydrogen-bond acceptors (Lipinski definition) is 4. The Morgan fingerprint density at radius 2 is 2.13 bits per heavy atom. The fourth-order valence-corrected chi connectivity index (χ4v) is 4.56. The number of nitrogens with zero attached hydrogens (tertiary/aromatic N) is 2. The van der Waals surface area contributed by atoms with Gasteiger partial charge in [0.15, 0.2) is 0 Å². The fraction of sp³-hybridized carbons (Fsp3) is 0.312. The summed E-state index contributed by atoms with van der Waals surface area (Å²) >= 11 is 5.95. The van der Waals surface area contributed by atoms with Crippen molar-refractivity contribution < 1.29 is 13.2 Å². The van der Waals surface area contributed by atoms with Gasteiger partial charge in [0.25, 0.3) is 0 Å². The number of sulfonamides is 1. The summed E-state index contributed by atoms with van der Waals surface area (Å²) < 4.78 is 32.8. The van der Waals surface area contributed by atoms with Crippen molar-refractivity contribution in [2.45, 2.75) is 24.3 Å². The fourth-order valence-electron chi connectivity index (χ4n) is 2.59.